The molecule has 0 spiro atoms. The number of thiophene rings is 1. The van der Waals surface area contributed by atoms with E-state index in [4.69, 9.17) is 0 Å². The topological polar surface area (TPSA) is 30.7 Å². The van der Waals surface area contributed by atoms with E-state index in [2.05, 4.69) is 79.6 Å². The highest BCUT2D eigenvalue weighted by molar-refractivity contribution is 7.09. The maximum Gasteiger partial charge on any atom is 0.0489 e. The molecule has 0 aliphatic carbocycles. The van der Waals surface area contributed by atoms with Crippen LogP contribution in [0.5, 0.6) is 0 Å². The third-order valence-electron chi connectivity index (χ3n) is 4.15. The minimum absolute atomic E-state index is 0. The molecule has 0 radical (unpaired) electrons. The van der Waals surface area contributed by atoms with Crippen molar-refractivity contribution in [3.8, 4) is 0 Å². The van der Waals surface area contributed by atoms with Crippen LogP contribution in [0.4, 0.5) is 0 Å². The quantitative estimate of drug-likeness (QED) is 0.250. The molecular formula is C35H63N3S. The van der Waals surface area contributed by atoms with Gasteiger partial charge in [0.1, 0.15) is 0 Å². The van der Waals surface area contributed by atoms with Crippen molar-refractivity contribution in [1.82, 2.24) is 14.8 Å². The number of aromatic nitrogens is 3. The number of pyridine rings is 1. The van der Waals surface area contributed by atoms with Crippen molar-refractivity contribution in [2.45, 2.75) is 116 Å². The number of nitrogens with zero attached hydrogens (tertiary/aromatic N) is 3. The van der Waals surface area contributed by atoms with Gasteiger partial charge in [0.15, 0.2) is 0 Å². The fraction of sp³-hybridized carbons (Fsp3) is 0.486. The van der Waals surface area contributed by atoms with Crippen LogP contribution in [-0.4, -0.2) is 14.8 Å². The Labute approximate surface area is 248 Å². The molecule has 4 heteroatoms. The molecule has 3 aromatic heterocycles. The Morgan fingerprint density at radius 3 is 1.46 bits per heavy atom. The third kappa shape index (κ3) is 31.4. The first kappa shape index (κ1) is 46.2. The van der Waals surface area contributed by atoms with Crippen molar-refractivity contribution in [2.75, 3.05) is 0 Å². The standard InChI is InChI=1S/C8H10.C7H9N.C6H8S.C5H8N2.4C2H6.CH4/c1-2-8-6-4-3-5-7-8;1-2-7-5-3-4-6-8-7;1-2-6-4-3-5-7-6;1-2-7-5-3-4-6-7;4*1-2;/h3-7H,2H2,1H3;3-6H,2H2,1H3;2*3-5H,2H2,1H3;4*1-2H3;1H4. The monoisotopic (exact) mass is 557 g/mol. The summed E-state index contributed by atoms with van der Waals surface area (Å²) in [5.74, 6) is 0. The zero-order valence-corrected chi connectivity index (χ0v) is 27.6. The molecule has 1 aromatic carbocycles. The van der Waals surface area contributed by atoms with Gasteiger partial charge in [-0.2, -0.15) is 5.10 Å². The summed E-state index contributed by atoms with van der Waals surface area (Å²) in [5, 5.41) is 6.06. The molecule has 0 fully saturated rings. The van der Waals surface area contributed by atoms with Gasteiger partial charge < -0.3 is 0 Å². The summed E-state index contributed by atoms with van der Waals surface area (Å²) in [6, 6.07) is 22.6. The zero-order valence-electron chi connectivity index (χ0n) is 26.7. The van der Waals surface area contributed by atoms with Gasteiger partial charge in [-0.3, -0.25) is 9.67 Å². The second-order valence-electron chi connectivity index (χ2n) is 6.31. The average molecular weight is 558 g/mol. The Balaban J connectivity index is -0.000000120. The smallest absolute Gasteiger partial charge is 0.0489 e. The summed E-state index contributed by atoms with van der Waals surface area (Å²) in [6.45, 7) is 25.5. The van der Waals surface area contributed by atoms with Gasteiger partial charge in [0, 0.05) is 35.7 Å². The van der Waals surface area contributed by atoms with Gasteiger partial charge >= 0.3 is 0 Å². The molecule has 0 atom stereocenters. The van der Waals surface area contributed by atoms with Crippen LogP contribution in [0.3, 0.4) is 0 Å². The Bertz CT molecular complexity index is 755. The van der Waals surface area contributed by atoms with Crippen LogP contribution < -0.4 is 0 Å². The summed E-state index contributed by atoms with van der Waals surface area (Å²) in [7, 11) is 0. The van der Waals surface area contributed by atoms with Crippen molar-refractivity contribution >= 4 is 11.3 Å². The highest BCUT2D eigenvalue weighted by Crippen LogP contribution is 2.07. The van der Waals surface area contributed by atoms with Crippen molar-refractivity contribution in [2.24, 2.45) is 0 Å². The van der Waals surface area contributed by atoms with E-state index in [1.54, 1.807) is 6.20 Å². The number of hydrogen-bond acceptors (Lipinski definition) is 3. The van der Waals surface area contributed by atoms with Crippen LogP contribution in [0.1, 0.15) is 107 Å². The van der Waals surface area contributed by atoms with Crippen LogP contribution in [0, 0.1) is 0 Å². The maximum absolute atomic E-state index is 4.10. The first-order chi connectivity index (χ1) is 18.7. The first-order valence-corrected chi connectivity index (χ1v) is 15.5. The molecule has 4 aromatic rings. The lowest BCUT2D eigenvalue weighted by Gasteiger charge is -1.89. The highest BCUT2D eigenvalue weighted by Gasteiger charge is 1.83. The second kappa shape index (κ2) is 42.4. The van der Waals surface area contributed by atoms with E-state index >= 15 is 0 Å². The Morgan fingerprint density at radius 1 is 0.615 bits per heavy atom. The molecule has 39 heavy (non-hydrogen) atoms. The Morgan fingerprint density at radius 2 is 1.21 bits per heavy atom. The van der Waals surface area contributed by atoms with Gasteiger partial charge in [0.2, 0.25) is 0 Å². The van der Waals surface area contributed by atoms with Crippen molar-refractivity contribution in [3.05, 3.63) is 107 Å². The molecule has 0 bridgehead atoms. The lowest BCUT2D eigenvalue weighted by molar-refractivity contribution is 0.660. The SMILES string of the molecule is C.CC.CC.CC.CC.CCc1ccccc1.CCc1ccccn1.CCc1cccs1.CCn1cccn1. The van der Waals surface area contributed by atoms with E-state index < -0.39 is 0 Å². The zero-order chi connectivity index (χ0) is 29.9. The second-order valence-corrected chi connectivity index (χ2v) is 7.34. The molecule has 3 nitrogen and oxygen atoms in total. The van der Waals surface area contributed by atoms with E-state index in [9.17, 15) is 0 Å². The minimum atomic E-state index is 0. The Kier molecular flexibility index (Phi) is 50.1. The maximum atomic E-state index is 4.10. The van der Waals surface area contributed by atoms with Gasteiger partial charge in [-0.15, -0.1) is 11.3 Å². The molecular weight excluding hydrogens is 494 g/mol. The fourth-order valence-electron chi connectivity index (χ4n) is 2.32. The fourth-order valence-corrected chi connectivity index (χ4v) is 2.98. The first-order valence-electron chi connectivity index (χ1n) is 14.7. The van der Waals surface area contributed by atoms with Gasteiger partial charge in [-0.1, -0.05) is 126 Å². The van der Waals surface area contributed by atoms with Crippen molar-refractivity contribution in [3.63, 3.8) is 0 Å². The average Bonchev–Trinajstić information content (AvgIpc) is 3.78. The highest BCUT2D eigenvalue weighted by atomic mass is 32.1. The van der Waals surface area contributed by atoms with E-state index in [1.807, 2.05) is 114 Å². The Hall–Kier alpha value is -2.72. The lowest BCUT2D eigenvalue weighted by Crippen LogP contribution is -1.91. The summed E-state index contributed by atoms with van der Waals surface area (Å²) in [6.07, 6.45) is 8.89. The van der Waals surface area contributed by atoms with Gasteiger partial charge in [0.05, 0.1) is 0 Å². The van der Waals surface area contributed by atoms with E-state index in [-0.39, 0.29) is 7.43 Å². The predicted octanol–water partition coefficient (Wildman–Crippen LogP) is 11.8. The minimum Gasteiger partial charge on any atom is -0.273 e. The summed E-state index contributed by atoms with van der Waals surface area (Å²) >= 11 is 1.82. The molecule has 0 amide bonds. The summed E-state index contributed by atoms with van der Waals surface area (Å²) in [4.78, 5) is 5.57. The van der Waals surface area contributed by atoms with Crippen molar-refractivity contribution < 1.29 is 0 Å². The number of rotatable bonds is 4. The molecule has 0 N–H and O–H groups in total. The molecule has 0 aliphatic rings. The molecule has 0 saturated carbocycles. The van der Waals surface area contributed by atoms with Crippen LogP contribution in [-0.2, 0) is 25.8 Å². The summed E-state index contributed by atoms with van der Waals surface area (Å²) < 4.78 is 1.88. The van der Waals surface area contributed by atoms with E-state index in [1.165, 1.54) is 16.9 Å². The van der Waals surface area contributed by atoms with Crippen LogP contribution >= 0.6 is 11.3 Å². The van der Waals surface area contributed by atoms with Gasteiger partial charge in [-0.25, -0.2) is 0 Å². The van der Waals surface area contributed by atoms with Crippen LogP contribution in [0.2, 0.25) is 0 Å². The molecule has 0 saturated heterocycles. The number of benzene rings is 1. The number of aryl methyl sites for hydroxylation is 4. The summed E-state index contributed by atoms with van der Waals surface area (Å²) in [5.41, 5.74) is 2.57. The van der Waals surface area contributed by atoms with Gasteiger partial charge in [-0.05, 0) is 61.4 Å². The predicted molar refractivity (Wildman–Crippen MR) is 183 cm³/mol. The molecule has 224 valence electrons. The lowest BCUT2D eigenvalue weighted by atomic mass is 10.2. The van der Waals surface area contributed by atoms with E-state index in [0.29, 0.717) is 0 Å². The number of hydrogen-bond donors (Lipinski definition) is 0. The third-order valence-corrected chi connectivity index (χ3v) is 5.17. The van der Waals surface area contributed by atoms with E-state index in [0.717, 1.165) is 25.1 Å². The normalized spacial score (nSPS) is 7.69. The molecule has 0 unspecified atom stereocenters. The molecule has 3 heterocycles. The van der Waals surface area contributed by atoms with Gasteiger partial charge in [0.25, 0.3) is 0 Å². The molecule has 4 rings (SSSR count). The van der Waals surface area contributed by atoms with Crippen molar-refractivity contribution in [1.29, 1.82) is 0 Å². The van der Waals surface area contributed by atoms with Crippen LogP contribution in [0.25, 0.3) is 0 Å². The molecule has 0 aliphatic heterocycles. The largest absolute Gasteiger partial charge is 0.273 e. The van der Waals surface area contributed by atoms with Crippen LogP contribution in [0.15, 0.2) is 90.7 Å².